The van der Waals surface area contributed by atoms with E-state index in [0.717, 1.165) is 36.9 Å². The third-order valence-electron chi connectivity index (χ3n) is 4.73. The number of benzene rings is 1. The Morgan fingerprint density at radius 2 is 2.21 bits per heavy atom. The van der Waals surface area contributed by atoms with Crippen LogP contribution in [0.1, 0.15) is 30.5 Å². The summed E-state index contributed by atoms with van der Waals surface area (Å²) >= 11 is 2.03. The number of hydrogen-bond donors (Lipinski definition) is 3. The van der Waals surface area contributed by atoms with Crippen LogP contribution < -0.4 is 16.4 Å². The van der Waals surface area contributed by atoms with Crippen molar-refractivity contribution in [2.75, 3.05) is 31.6 Å². The Labute approximate surface area is 170 Å². The summed E-state index contributed by atoms with van der Waals surface area (Å²) in [4.78, 5) is 4.28. The van der Waals surface area contributed by atoms with E-state index in [-0.39, 0.29) is 0 Å². The van der Waals surface area contributed by atoms with E-state index in [1.54, 1.807) is 11.7 Å². The van der Waals surface area contributed by atoms with E-state index in [2.05, 4.69) is 26.8 Å². The molecule has 0 bridgehead atoms. The maximum absolute atomic E-state index is 9.49. The lowest BCUT2D eigenvalue weighted by molar-refractivity contribution is 0.702. The van der Waals surface area contributed by atoms with Crippen LogP contribution in [0.4, 0.5) is 5.82 Å². The molecule has 1 aromatic heterocycles. The van der Waals surface area contributed by atoms with Crippen LogP contribution in [0.5, 0.6) is 0 Å². The van der Waals surface area contributed by atoms with Gasteiger partial charge in [-0.05, 0) is 43.6 Å². The molecule has 1 unspecified atom stereocenters. The number of aryl methyl sites for hydroxylation is 1. The van der Waals surface area contributed by atoms with Crippen LogP contribution in [0, 0.1) is 11.3 Å². The van der Waals surface area contributed by atoms with Gasteiger partial charge in [0.1, 0.15) is 17.5 Å². The first-order chi connectivity index (χ1) is 13.7. The van der Waals surface area contributed by atoms with Gasteiger partial charge in [-0.15, -0.1) is 0 Å². The van der Waals surface area contributed by atoms with Gasteiger partial charge >= 0.3 is 0 Å². The monoisotopic (exact) mass is 397 g/mol. The Hall–Kier alpha value is -2.66. The first-order valence-corrected chi connectivity index (χ1v) is 10.7. The highest BCUT2D eigenvalue weighted by atomic mass is 32.2. The Kier molecular flexibility index (Phi) is 7.20. The minimum atomic E-state index is 0.392. The SMILES string of the molecule is CN=C(NCCCc1nn(-c2ccccc2)c(N)c1C#N)NCC1CCCS1. The van der Waals surface area contributed by atoms with E-state index in [4.69, 9.17) is 5.73 Å². The molecule has 2 aromatic rings. The van der Waals surface area contributed by atoms with Gasteiger partial charge in [-0.2, -0.15) is 22.1 Å². The molecule has 0 spiro atoms. The molecule has 0 aliphatic carbocycles. The van der Waals surface area contributed by atoms with E-state index in [1.165, 1.54) is 18.6 Å². The highest BCUT2D eigenvalue weighted by Crippen LogP contribution is 2.25. The van der Waals surface area contributed by atoms with Gasteiger partial charge in [-0.1, -0.05) is 18.2 Å². The molecule has 0 saturated carbocycles. The first kappa shape index (κ1) is 20.1. The molecule has 1 fully saturated rings. The minimum absolute atomic E-state index is 0.392. The zero-order valence-electron chi connectivity index (χ0n) is 16.2. The van der Waals surface area contributed by atoms with Gasteiger partial charge in [0.2, 0.25) is 0 Å². The Morgan fingerprint density at radius 1 is 1.39 bits per heavy atom. The zero-order chi connectivity index (χ0) is 19.8. The molecule has 8 heteroatoms. The van der Waals surface area contributed by atoms with Gasteiger partial charge in [0.15, 0.2) is 5.96 Å². The predicted octanol–water partition coefficient (Wildman–Crippen LogP) is 2.32. The summed E-state index contributed by atoms with van der Waals surface area (Å²) in [5.74, 6) is 2.48. The number of nitrogens with two attached hydrogens (primary N) is 1. The van der Waals surface area contributed by atoms with Crippen molar-refractivity contribution in [2.45, 2.75) is 30.9 Å². The molecule has 1 aliphatic rings. The average molecular weight is 398 g/mol. The third kappa shape index (κ3) is 4.98. The van der Waals surface area contributed by atoms with Crippen molar-refractivity contribution < 1.29 is 0 Å². The van der Waals surface area contributed by atoms with E-state index in [9.17, 15) is 5.26 Å². The largest absolute Gasteiger partial charge is 0.382 e. The molecule has 2 heterocycles. The number of aromatic nitrogens is 2. The maximum Gasteiger partial charge on any atom is 0.191 e. The number of aliphatic imine (C=N–C) groups is 1. The van der Waals surface area contributed by atoms with Crippen LogP contribution >= 0.6 is 11.8 Å². The molecule has 148 valence electrons. The lowest BCUT2D eigenvalue weighted by Gasteiger charge is -2.14. The van der Waals surface area contributed by atoms with Crippen molar-refractivity contribution in [3.63, 3.8) is 0 Å². The maximum atomic E-state index is 9.49. The molecular formula is C20H27N7S. The molecule has 1 atom stereocenters. The molecule has 1 aromatic carbocycles. The second-order valence-electron chi connectivity index (χ2n) is 6.68. The summed E-state index contributed by atoms with van der Waals surface area (Å²) in [6.07, 6.45) is 4.09. The number of nitrogens with zero attached hydrogens (tertiary/aromatic N) is 4. The van der Waals surface area contributed by atoms with Crippen molar-refractivity contribution in [1.29, 1.82) is 5.26 Å². The van der Waals surface area contributed by atoms with Crippen molar-refractivity contribution in [1.82, 2.24) is 20.4 Å². The fourth-order valence-corrected chi connectivity index (χ4v) is 4.44. The fraction of sp³-hybridized carbons (Fsp3) is 0.450. The quantitative estimate of drug-likeness (QED) is 0.376. The lowest BCUT2D eigenvalue weighted by Crippen LogP contribution is -2.40. The van der Waals surface area contributed by atoms with Crippen LogP contribution in [0.25, 0.3) is 5.69 Å². The minimum Gasteiger partial charge on any atom is -0.382 e. The Balaban J connectivity index is 1.52. The predicted molar refractivity (Wildman–Crippen MR) is 116 cm³/mol. The summed E-state index contributed by atoms with van der Waals surface area (Å²) in [6, 6.07) is 11.8. The number of anilines is 1. The second-order valence-corrected chi connectivity index (χ2v) is 8.09. The molecule has 0 radical (unpaired) electrons. The molecule has 3 rings (SSSR count). The van der Waals surface area contributed by atoms with Gasteiger partial charge < -0.3 is 16.4 Å². The zero-order valence-corrected chi connectivity index (χ0v) is 17.0. The van der Waals surface area contributed by atoms with E-state index >= 15 is 0 Å². The topological polar surface area (TPSA) is 104 Å². The summed E-state index contributed by atoms with van der Waals surface area (Å²) in [5.41, 5.74) is 8.20. The van der Waals surface area contributed by atoms with Crippen LogP contribution in [0.3, 0.4) is 0 Å². The third-order valence-corrected chi connectivity index (χ3v) is 6.13. The summed E-state index contributed by atoms with van der Waals surface area (Å²) < 4.78 is 1.64. The first-order valence-electron chi connectivity index (χ1n) is 9.62. The Morgan fingerprint density at radius 3 is 2.89 bits per heavy atom. The number of thioether (sulfide) groups is 1. The molecule has 1 saturated heterocycles. The number of guanidine groups is 1. The molecule has 1 aliphatic heterocycles. The van der Waals surface area contributed by atoms with Gasteiger partial charge in [0.25, 0.3) is 0 Å². The molecule has 28 heavy (non-hydrogen) atoms. The molecular weight excluding hydrogens is 370 g/mol. The van der Waals surface area contributed by atoms with Crippen molar-refractivity contribution in [3.05, 3.63) is 41.6 Å². The van der Waals surface area contributed by atoms with Gasteiger partial charge in [-0.25, -0.2) is 4.68 Å². The standard InChI is InChI=1S/C20H27N7S/c1-23-20(25-14-16-9-6-12-28-16)24-11-5-10-18-17(13-21)19(22)27(26-18)15-7-3-2-4-8-15/h2-4,7-8,16H,5-6,9-12,14,22H2,1H3,(H2,23,24,25). The highest BCUT2D eigenvalue weighted by molar-refractivity contribution is 8.00. The van der Waals surface area contributed by atoms with Crippen LogP contribution in [-0.4, -0.2) is 46.9 Å². The van der Waals surface area contributed by atoms with Gasteiger partial charge in [-0.3, -0.25) is 4.99 Å². The summed E-state index contributed by atoms with van der Waals surface area (Å²) in [7, 11) is 1.78. The second kappa shape index (κ2) is 10.0. The number of hydrogen-bond acceptors (Lipinski definition) is 5. The molecule has 4 N–H and O–H groups in total. The van der Waals surface area contributed by atoms with Crippen LogP contribution in [0.15, 0.2) is 35.3 Å². The smallest absolute Gasteiger partial charge is 0.191 e. The summed E-state index contributed by atoms with van der Waals surface area (Å²) in [6.45, 7) is 1.70. The van der Waals surface area contributed by atoms with Crippen molar-refractivity contribution in [3.8, 4) is 11.8 Å². The van der Waals surface area contributed by atoms with Crippen molar-refractivity contribution >= 4 is 23.5 Å². The number of rotatable bonds is 7. The lowest BCUT2D eigenvalue weighted by atomic mass is 10.1. The number of nitrogen functional groups attached to an aromatic ring is 1. The Bertz CT molecular complexity index is 832. The van der Waals surface area contributed by atoms with E-state index in [0.29, 0.717) is 23.1 Å². The normalized spacial score (nSPS) is 16.7. The van der Waals surface area contributed by atoms with E-state index < -0.39 is 0 Å². The molecule has 0 amide bonds. The number of nitriles is 1. The molecule has 7 nitrogen and oxygen atoms in total. The summed E-state index contributed by atoms with van der Waals surface area (Å²) in [5, 5.41) is 21.5. The van der Waals surface area contributed by atoms with Crippen molar-refractivity contribution in [2.24, 2.45) is 4.99 Å². The van der Waals surface area contributed by atoms with Crippen LogP contribution in [0.2, 0.25) is 0 Å². The number of para-hydroxylation sites is 1. The van der Waals surface area contributed by atoms with E-state index in [1.807, 2.05) is 42.1 Å². The fourth-order valence-electron chi connectivity index (χ4n) is 3.24. The average Bonchev–Trinajstić information content (AvgIpc) is 3.35. The van der Waals surface area contributed by atoms with Crippen LogP contribution in [-0.2, 0) is 6.42 Å². The number of nitrogens with one attached hydrogen (secondary N) is 2. The highest BCUT2D eigenvalue weighted by Gasteiger charge is 2.17. The van der Waals surface area contributed by atoms with Gasteiger partial charge in [0, 0.05) is 25.4 Å². The van der Waals surface area contributed by atoms with Gasteiger partial charge in [0.05, 0.1) is 11.4 Å².